The molecule has 0 spiro atoms. The highest BCUT2D eigenvalue weighted by molar-refractivity contribution is 7.99. The molecule has 1 saturated heterocycles. The van der Waals surface area contributed by atoms with Crippen LogP contribution in [0.25, 0.3) is 5.69 Å². The number of thioether (sulfide) groups is 1. The van der Waals surface area contributed by atoms with Crippen molar-refractivity contribution in [3.8, 4) is 11.4 Å². The molecule has 1 aliphatic rings. The molecular weight excluding hydrogens is 286 g/mol. The van der Waals surface area contributed by atoms with Gasteiger partial charge in [0.05, 0.1) is 5.69 Å². The van der Waals surface area contributed by atoms with Crippen molar-refractivity contribution in [1.82, 2.24) is 25.5 Å². The Balaban J connectivity index is 1.59. The number of hydrogen-bond acceptors (Lipinski definition) is 6. The second kappa shape index (κ2) is 6.91. The van der Waals surface area contributed by atoms with Crippen molar-refractivity contribution in [1.29, 1.82) is 0 Å². The number of aromatic nitrogens is 4. The predicted molar refractivity (Wildman–Crippen MR) is 81.8 cm³/mol. The number of piperidine rings is 1. The summed E-state index contributed by atoms with van der Waals surface area (Å²) in [5.74, 6) is 1.24. The average Bonchev–Trinajstić information content (AvgIpc) is 2.98. The summed E-state index contributed by atoms with van der Waals surface area (Å²) in [5.41, 5.74) is 0.857. The van der Waals surface area contributed by atoms with Gasteiger partial charge in [0, 0.05) is 11.8 Å². The standard InChI is InChI=1S/C14H19N5OS/c20-13-6-4-12(5-7-13)19-14(16-17-18-19)21-10-8-11-3-1-2-9-15-11/h4-7,11,15,20H,1-3,8-10H2. The van der Waals surface area contributed by atoms with Crippen molar-refractivity contribution in [3.63, 3.8) is 0 Å². The van der Waals surface area contributed by atoms with Crippen LogP contribution in [0, 0.1) is 0 Å². The van der Waals surface area contributed by atoms with Crippen LogP contribution in [0.1, 0.15) is 25.7 Å². The molecule has 21 heavy (non-hydrogen) atoms. The lowest BCUT2D eigenvalue weighted by molar-refractivity contribution is 0.394. The fraction of sp³-hybridized carbons (Fsp3) is 0.500. The van der Waals surface area contributed by atoms with Crippen LogP contribution < -0.4 is 5.32 Å². The molecule has 1 atom stereocenters. The van der Waals surface area contributed by atoms with Crippen LogP contribution in [-0.2, 0) is 0 Å². The van der Waals surface area contributed by atoms with Gasteiger partial charge in [-0.15, -0.1) is 5.10 Å². The lowest BCUT2D eigenvalue weighted by Gasteiger charge is -2.22. The minimum absolute atomic E-state index is 0.240. The average molecular weight is 305 g/mol. The maximum absolute atomic E-state index is 9.34. The molecule has 0 radical (unpaired) electrons. The Bertz CT molecular complexity index is 565. The largest absolute Gasteiger partial charge is 0.508 e. The van der Waals surface area contributed by atoms with Gasteiger partial charge in [-0.25, -0.2) is 0 Å². The molecule has 2 heterocycles. The summed E-state index contributed by atoms with van der Waals surface area (Å²) in [6.07, 6.45) is 5.02. The van der Waals surface area contributed by atoms with Crippen LogP contribution in [-0.4, -0.2) is 43.7 Å². The van der Waals surface area contributed by atoms with Crippen LogP contribution in [0.4, 0.5) is 0 Å². The van der Waals surface area contributed by atoms with Gasteiger partial charge in [0.15, 0.2) is 0 Å². The van der Waals surface area contributed by atoms with Gasteiger partial charge in [-0.1, -0.05) is 18.2 Å². The SMILES string of the molecule is Oc1ccc(-n2nnnc2SCCC2CCCCN2)cc1. The van der Waals surface area contributed by atoms with Crippen LogP contribution >= 0.6 is 11.8 Å². The molecule has 1 aliphatic heterocycles. The summed E-state index contributed by atoms with van der Waals surface area (Å²) in [5, 5.41) is 25.5. The highest BCUT2D eigenvalue weighted by Gasteiger charge is 2.14. The summed E-state index contributed by atoms with van der Waals surface area (Å²) >= 11 is 1.67. The first-order valence-corrected chi connectivity index (χ1v) is 8.25. The Morgan fingerprint density at radius 1 is 1.29 bits per heavy atom. The van der Waals surface area contributed by atoms with Crippen molar-refractivity contribution in [2.45, 2.75) is 36.9 Å². The number of phenolic OH excluding ortho intramolecular Hbond substituents is 1. The summed E-state index contributed by atoms with van der Waals surface area (Å²) in [4.78, 5) is 0. The van der Waals surface area contributed by atoms with Gasteiger partial charge in [0.2, 0.25) is 5.16 Å². The van der Waals surface area contributed by atoms with E-state index in [0.29, 0.717) is 6.04 Å². The number of phenols is 1. The lowest BCUT2D eigenvalue weighted by Crippen LogP contribution is -2.34. The molecule has 112 valence electrons. The molecule has 1 aromatic carbocycles. The first kappa shape index (κ1) is 14.3. The number of nitrogens with one attached hydrogen (secondary N) is 1. The molecule has 2 N–H and O–H groups in total. The number of nitrogens with zero attached hydrogens (tertiary/aromatic N) is 4. The highest BCUT2D eigenvalue weighted by Crippen LogP contribution is 2.22. The Morgan fingerprint density at radius 3 is 2.90 bits per heavy atom. The van der Waals surface area contributed by atoms with Crippen LogP contribution in [0.5, 0.6) is 5.75 Å². The van der Waals surface area contributed by atoms with Crippen LogP contribution in [0.15, 0.2) is 29.4 Å². The normalized spacial score (nSPS) is 18.8. The molecule has 0 amide bonds. The fourth-order valence-corrected chi connectivity index (χ4v) is 3.43. The van der Waals surface area contributed by atoms with Crippen LogP contribution in [0.3, 0.4) is 0 Å². The Hall–Kier alpha value is -1.60. The van der Waals surface area contributed by atoms with Crippen molar-refractivity contribution < 1.29 is 5.11 Å². The van der Waals surface area contributed by atoms with Crippen molar-refractivity contribution in [2.75, 3.05) is 12.3 Å². The van der Waals surface area contributed by atoms with Gasteiger partial charge >= 0.3 is 0 Å². The second-order valence-electron chi connectivity index (χ2n) is 5.17. The van der Waals surface area contributed by atoms with E-state index in [-0.39, 0.29) is 5.75 Å². The summed E-state index contributed by atoms with van der Waals surface area (Å²) in [6, 6.07) is 7.51. The first-order valence-electron chi connectivity index (χ1n) is 7.27. The summed E-state index contributed by atoms with van der Waals surface area (Å²) in [6.45, 7) is 1.14. The van der Waals surface area contributed by atoms with Crippen molar-refractivity contribution >= 4 is 11.8 Å². The maximum Gasteiger partial charge on any atom is 0.214 e. The molecule has 3 rings (SSSR count). The Morgan fingerprint density at radius 2 is 2.14 bits per heavy atom. The van der Waals surface area contributed by atoms with Gasteiger partial charge in [-0.05, 0) is 60.5 Å². The van der Waals surface area contributed by atoms with Crippen molar-refractivity contribution in [3.05, 3.63) is 24.3 Å². The molecule has 0 aliphatic carbocycles. The van der Waals surface area contributed by atoms with Gasteiger partial charge in [-0.2, -0.15) is 4.68 Å². The second-order valence-corrected chi connectivity index (χ2v) is 6.24. The molecular formula is C14H19N5OS. The minimum atomic E-state index is 0.240. The molecule has 7 heteroatoms. The fourth-order valence-electron chi connectivity index (χ4n) is 2.49. The number of benzene rings is 1. The third kappa shape index (κ3) is 3.74. The molecule has 1 aromatic heterocycles. The van der Waals surface area contributed by atoms with Gasteiger partial charge < -0.3 is 10.4 Å². The maximum atomic E-state index is 9.34. The monoisotopic (exact) mass is 305 g/mol. The lowest BCUT2D eigenvalue weighted by atomic mass is 10.0. The molecule has 6 nitrogen and oxygen atoms in total. The number of tetrazole rings is 1. The topological polar surface area (TPSA) is 75.9 Å². The van der Waals surface area contributed by atoms with E-state index in [4.69, 9.17) is 0 Å². The van der Waals surface area contributed by atoms with Gasteiger partial charge in [0.1, 0.15) is 5.75 Å². The number of aromatic hydroxyl groups is 1. The third-order valence-electron chi connectivity index (χ3n) is 3.65. The number of hydrogen-bond donors (Lipinski definition) is 2. The quantitative estimate of drug-likeness (QED) is 0.823. The zero-order chi connectivity index (χ0) is 14.5. The van der Waals surface area contributed by atoms with E-state index in [1.165, 1.54) is 19.3 Å². The zero-order valence-corrected chi connectivity index (χ0v) is 12.6. The van der Waals surface area contributed by atoms with E-state index in [1.807, 2.05) is 0 Å². The van der Waals surface area contributed by atoms with E-state index >= 15 is 0 Å². The summed E-state index contributed by atoms with van der Waals surface area (Å²) < 4.78 is 1.71. The zero-order valence-electron chi connectivity index (χ0n) is 11.8. The van der Waals surface area contributed by atoms with Crippen LogP contribution in [0.2, 0.25) is 0 Å². The third-order valence-corrected chi connectivity index (χ3v) is 4.60. The minimum Gasteiger partial charge on any atom is -0.508 e. The Kier molecular flexibility index (Phi) is 4.72. The molecule has 1 fully saturated rings. The molecule has 1 unspecified atom stereocenters. The van der Waals surface area contributed by atoms with Gasteiger partial charge in [-0.3, -0.25) is 0 Å². The van der Waals surface area contributed by atoms with E-state index < -0.39 is 0 Å². The van der Waals surface area contributed by atoms with E-state index in [0.717, 1.165) is 29.6 Å². The van der Waals surface area contributed by atoms with Crippen molar-refractivity contribution in [2.24, 2.45) is 0 Å². The molecule has 0 saturated carbocycles. The predicted octanol–water partition coefficient (Wildman–Crippen LogP) is 1.99. The summed E-state index contributed by atoms with van der Waals surface area (Å²) in [7, 11) is 0. The highest BCUT2D eigenvalue weighted by atomic mass is 32.2. The molecule has 0 bridgehead atoms. The molecule has 2 aromatic rings. The first-order chi connectivity index (χ1) is 10.3. The van der Waals surface area contributed by atoms with Gasteiger partial charge in [0.25, 0.3) is 0 Å². The Labute approximate surface area is 127 Å². The van der Waals surface area contributed by atoms with E-state index in [2.05, 4.69) is 20.8 Å². The smallest absolute Gasteiger partial charge is 0.214 e. The van der Waals surface area contributed by atoms with E-state index in [9.17, 15) is 5.11 Å². The number of rotatable bonds is 5. The van der Waals surface area contributed by atoms with E-state index in [1.54, 1.807) is 40.7 Å².